The van der Waals surface area contributed by atoms with Crippen molar-refractivity contribution >= 4 is 22.7 Å². The van der Waals surface area contributed by atoms with Crippen molar-refractivity contribution in [3.05, 3.63) is 65.0 Å². The van der Waals surface area contributed by atoms with Crippen LogP contribution in [-0.4, -0.2) is 46.5 Å². The van der Waals surface area contributed by atoms with Crippen LogP contribution in [0.3, 0.4) is 0 Å². The van der Waals surface area contributed by atoms with Crippen molar-refractivity contribution in [2.24, 2.45) is 0 Å². The van der Waals surface area contributed by atoms with E-state index < -0.39 is 0 Å². The van der Waals surface area contributed by atoms with E-state index in [-0.39, 0.29) is 5.56 Å². The van der Waals surface area contributed by atoms with E-state index in [1.165, 1.54) is 0 Å². The Balaban J connectivity index is 2.02. The lowest BCUT2D eigenvalue weighted by atomic mass is 10.2. The Labute approximate surface area is 159 Å². The molecule has 0 aliphatic heterocycles. The summed E-state index contributed by atoms with van der Waals surface area (Å²) in [6.07, 6.45) is 0. The zero-order valence-electron chi connectivity index (χ0n) is 15.7. The van der Waals surface area contributed by atoms with E-state index in [0.717, 1.165) is 46.2 Å². The van der Waals surface area contributed by atoms with E-state index in [0.29, 0.717) is 5.39 Å². The first-order valence-corrected chi connectivity index (χ1v) is 10.1. The number of aromatic nitrogens is 2. The van der Waals surface area contributed by atoms with Gasteiger partial charge in [0.1, 0.15) is 0 Å². The fourth-order valence-corrected chi connectivity index (χ4v) is 4.11. The molecule has 5 heteroatoms. The highest BCUT2D eigenvalue weighted by Crippen LogP contribution is 2.22. The molecule has 0 N–H and O–H groups in total. The molecule has 0 fully saturated rings. The molecule has 4 nitrogen and oxygen atoms in total. The Kier molecular flexibility index (Phi) is 5.79. The summed E-state index contributed by atoms with van der Waals surface area (Å²) in [5, 5.41) is 1.42. The van der Waals surface area contributed by atoms with E-state index >= 15 is 0 Å². The molecule has 0 radical (unpaired) electrons. The van der Waals surface area contributed by atoms with Crippen LogP contribution in [0.15, 0.2) is 64.5 Å². The van der Waals surface area contributed by atoms with Crippen LogP contribution in [0.1, 0.15) is 13.8 Å². The van der Waals surface area contributed by atoms with Gasteiger partial charge in [0.05, 0.1) is 49.0 Å². The molecule has 0 atom stereocenters. The van der Waals surface area contributed by atoms with Gasteiger partial charge in [0, 0.05) is 0 Å². The molecule has 1 aromatic heterocycles. The van der Waals surface area contributed by atoms with Crippen molar-refractivity contribution in [1.29, 1.82) is 0 Å². The predicted octanol–water partition coefficient (Wildman–Crippen LogP) is 3.96. The highest BCUT2D eigenvalue weighted by Gasteiger charge is 2.18. The van der Waals surface area contributed by atoms with Crippen LogP contribution >= 0.6 is 11.8 Å². The van der Waals surface area contributed by atoms with E-state index in [1.807, 2.05) is 54.6 Å². The van der Waals surface area contributed by atoms with Gasteiger partial charge in [-0.05, 0) is 38.1 Å². The Morgan fingerprint density at radius 3 is 2.35 bits per heavy atom. The molecule has 0 unspecified atom stereocenters. The molecule has 0 saturated heterocycles. The first kappa shape index (κ1) is 18.7. The maximum absolute atomic E-state index is 13.1. The third-order valence-corrected chi connectivity index (χ3v) is 6.07. The minimum atomic E-state index is -0.00691. The van der Waals surface area contributed by atoms with Gasteiger partial charge in [-0.15, -0.1) is 0 Å². The first-order chi connectivity index (χ1) is 12.6. The smallest absolute Gasteiger partial charge is 0.266 e. The van der Waals surface area contributed by atoms with Crippen molar-refractivity contribution < 1.29 is 4.48 Å². The highest BCUT2D eigenvalue weighted by molar-refractivity contribution is 7.99. The largest absolute Gasteiger partial charge is 0.326 e. The summed E-state index contributed by atoms with van der Waals surface area (Å²) in [7, 11) is 2.28. The number of rotatable bonds is 7. The number of quaternary nitrogens is 1. The molecule has 3 aromatic rings. The van der Waals surface area contributed by atoms with Gasteiger partial charge in [0.2, 0.25) is 0 Å². The Hall–Kier alpha value is -2.11. The second kappa shape index (κ2) is 8.06. The minimum Gasteiger partial charge on any atom is -0.326 e. The summed E-state index contributed by atoms with van der Waals surface area (Å²) >= 11 is 1.66. The van der Waals surface area contributed by atoms with Crippen LogP contribution in [0.5, 0.6) is 0 Å². The second-order valence-electron chi connectivity index (χ2n) is 6.71. The Morgan fingerprint density at radius 1 is 1.00 bits per heavy atom. The summed E-state index contributed by atoms with van der Waals surface area (Å²) in [6, 6.07) is 17.4. The average Bonchev–Trinajstić information content (AvgIpc) is 2.69. The van der Waals surface area contributed by atoms with E-state index in [4.69, 9.17) is 4.98 Å². The molecular formula is C21H26N3OS+. The number of hydrogen-bond acceptors (Lipinski definition) is 3. The summed E-state index contributed by atoms with van der Waals surface area (Å²) in [6.45, 7) is 7.71. The third-order valence-electron chi connectivity index (χ3n) is 5.15. The van der Waals surface area contributed by atoms with Crippen molar-refractivity contribution in [3.8, 4) is 5.69 Å². The van der Waals surface area contributed by atoms with Gasteiger partial charge in [0.25, 0.3) is 5.56 Å². The first-order valence-electron chi connectivity index (χ1n) is 9.11. The third kappa shape index (κ3) is 3.84. The van der Waals surface area contributed by atoms with E-state index in [1.54, 1.807) is 16.3 Å². The highest BCUT2D eigenvalue weighted by atomic mass is 32.2. The summed E-state index contributed by atoms with van der Waals surface area (Å²) in [5.41, 5.74) is 1.62. The standard InChI is InChI=1S/C21H26N3OS/c1-4-24(3,5-2)15-16-26-21-22-19-14-10-9-13-18(19)20(25)23(21)17-11-7-6-8-12-17/h6-14H,4-5,15-16H2,1-3H3/q+1. The number of fused-ring (bicyclic) bond motifs is 1. The van der Waals surface area contributed by atoms with Gasteiger partial charge in [-0.25, -0.2) is 4.98 Å². The van der Waals surface area contributed by atoms with Crippen molar-refractivity contribution in [3.63, 3.8) is 0 Å². The number of benzene rings is 2. The van der Waals surface area contributed by atoms with Crippen LogP contribution in [0.2, 0.25) is 0 Å². The van der Waals surface area contributed by atoms with Crippen LogP contribution in [0, 0.1) is 0 Å². The van der Waals surface area contributed by atoms with Crippen LogP contribution < -0.4 is 5.56 Å². The number of hydrogen-bond donors (Lipinski definition) is 0. The second-order valence-corrected chi connectivity index (χ2v) is 7.77. The fourth-order valence-electron chi connectivity index (χ4n) is 2.91. The molecule has 0 aliphatic carbocycles. The van der Waals surface area contributed by atoms with E-state index in [2.05, 4.69) is 20.9 Å². The maximum Gasteiger partial charge on any atom is 0.266 e. The molecule has 1 heterocycles. The van der Waals surface area contributed by atoms with Gasteiger partial charge in [-0.3, -0.25) is 9.36 Å². The zero-order valence-corrected chi connectivity index (χ0v) is 16.5. The molecule has 2 aromatic carbocycles. The fraction of sp³-hybridized carbons (Fsp3) is 0.333. The lowest BCUT2D eigenvalue weighted by molar-refractivity contribution is -0.903. The lowest BCUT2D eigenvalue weighted by Gasteiger charge is -2.31. The van der Waals surface area contributed by atoms with Gasteiger partial charge in [-0.1, -0.05) is 42.1 Å². The molecular weight excluding hydrogens is 342 g/mol. The van der Waals surface area contributed by atoms with Gasteiger partial charge in [-0.2, -0.15) is 0 Å². The number of para-hydroxylation sites is 2. The average molecular weight is 369 g/mol. The molecule has 0 saturated carbocycles. The molecule has 0 aliphatic rings. The number of nitrogens with zero attached hydrogens (tertiary/aromatic N) is 3. The van der Waals surface area contributed by atoms with E-state index in [9.17, 15) is 4.79 Å². The normalized spacial score (nSPS) is 11.8. The topological polar surface area (TPSA) is 34.9 Å². The predicted molar refractivity (Wildman–Crippen MR) is 110 cm³/mol. The molecule has 26 heavy (non-hydrogen) atoms. The Morgan fingerprint density at radius 2 is 1.65 bits per heavy atom. The van der Waals surface area contributed by atoms with Crippen molar-refractivity contribution in [2.75, 3.05) is 32.4 Å². The lowest BCUT2D eigenvalue weighted by Crippen LogP contribution is -2.45. The minimum absolute atomic E-state index is 0.00691. The van der Waals surface area contributed by atoms with Crippen molar-refractivity contribution in [2.45, 2.75) is 19.0 Å². The SMILES string of the molecule is CC[N+](C)(CC)CCSc1nc2ccccc2c(=O)n1-c1ccccc1. The molecule has 0 bridgehead atoms. The van der Waals surface area contributed by atoms with Gasteiger partial charge in [0.15, 0.2) is 5.16 Å². The molecule has 0 amide bonds. The van der Waals surface area contributed by atoms with Gasteiger partial charge < -0.3 is 4.48 Å². The molecule has 3 rings (SSSR count). The van der Waals surface area contributed by atoms with Crippen LogP contribution in [0.4, 0.5) is 0 Å². The summed E-state index contributed by atoms with van der Waals surface area (Å²) in [4.78, 5) is 17.9. The maximum atomic E-state index is 13.1. The van der Waals surface area contributed by atoms with Crippen molar-refractivity contribution in [1.82, 2.24) is 9.55 Å². The van der Waals surface area contributed by atoms with Crippen LogP contribution in [-0.2, 0) is 0 Å². The summed E-state index contributed by atoms with van der Waals surface area (Å²) in [5.74, 6) is 0.926. The van der Waals surface area contributed by atoms with Gasteiger partial charge >= 0.3 is 0 Å². The summed E-state index contributed by atoms with van der Waals surface area (Å²) < 4.78 is 2.77. The number of thioether (sulfide) groups is 1. The molecule has 0 spiro atoms. The quantitative estimate of drug-likeness (QED) is 0.360. The zero-order chi connectivity index (χ0) is 18.6. The molecule has 136 valence electrons. The van der Waals surface area contributed by atoms with Crippen LogP contribution in [0.25, 0.3) is 16.6 Å². The monoisotopic (exact) mass is 368 g/mol. The Bertz CT molecular complexity index is 933.